The Hall–Kier alpha value is -0.420. The summed E-state index contributed by atoms with van der Waals surface area (Å²) in [6, 6.07) is 0. The molecule has 0 atom stereocenters. The monoisotopic (exact) mass is 162 g/mol. The zero-order valence-electron chi connectivity index (χ0n) is 4.25. The van der Waals surface area contributed by atoms with Crippen LogP contribution in [0.5, 0.6) is 0 Å². The van der Waals surface area contributed by atoms with Gasteiger partial charge in [-0.3, -0.25) is 9.59 Å². The Morgan fingerprint density at radius 3 is 2.67 bits per heavy atom. The number of thiocarbonyl (C=S) groups is 1. The summed E-state index contributed by atoms with van der Waals surface area (Å²) in [5.74, 6) is -0.552. The van der Waals surface area contributed by atoms with Crippen molar-refractivity contribution in [3.8, 4) is 0 Å². The van der Waals surface area contributed by atoms with Crippen LogP contribution >= 0.6 is 24.0 Å². The van der Waals surface area contributed by atoms with Crippen LogP contribution in [0.25, 0.3) is 0 Å². The molecule has 1 rings (SSSR count). The van der Waals surface area contributed by atoms with Gasteiger partial charge in [-0.25, -0.2) is 0 Å². The molecule has 0 N–H and O–H groups in total. The van der Waals surface area contributed by atoms with Gasteiger partial charge in [-0.2, -0.15) is 0 Å². The van der Waals surface area contributed by atoms with E-state index in [2.05, 4.69) is 17.0 Å². The highest BCUT2D eigenvalue weighted by molar-refractivity contribution is 8.32. The van der Waals surface area contributed by atoms with Crippen LogP contribution in [0.1, 0.15) is 6.42 Å². The fraction of sp³-hybridized carbons (Fsp3) is 0.250. The van der Waals surface area contributed by atoms with Crippen molar-refractivity contribution in [2.45, 2.75) is 6.42 Å². The number of carbonyl (C=O) groups excluding carboxylic acids is 2. The van der Waals surface area contributed by atoms with Gasteiger partial charge in [0.1, 0.15) is 6.42 Å². The lowest BCUT2D eigenvalue weighted by Gasteiger charge is -2.07. The largest absolute Gasteiger partial charge is 0.408 e. The fourth-order valence-electron chi connectivity index (χ4n) is 0.397. The topological polar surface area (TPSA) is 43.4 Å². The molecule has 1 heterocycles. The maximum Gasteiger partial charge on any atom is 0.320 e. The lowest BCUT2D eigenvalue weighted by atomic mass is 10.5. The van der Waals surface area contributed by atoms with Gasteiger partial charge in [0.25, 0.3) is 0 Å². The van der Waals surface area contributed by atoms with Gasteiger partial charge in [-0.1, -0.05) is 0 Å². The predicted octanol–water partition coefficient (Wildman–Crippen LogP) is 0.478. The summed E-state index contributed by atoms with van der Waals surface area (Å²) in [5, 5.41) is -0.240. The number of esters is 1. The average Bonchev–Trinajstić information content (AvgIpc) is 1.59. The highest BCUT2D eigenvalue weighted by atomic mass is 32.2. The summed E-state index contributed by atoms with van der Waals surface area (Å²) < 4.78 is 4.40. The second kappa shape index (κ2) is 2.45. The average molecular weight is 162 g/mol. The Labute approximate surface area is 60.7 Å². The van der Waals surface area contributed by atoms with Gasteiger partial charge in [-0.05, 0) is 24.0 Å². The van der Waals surface area contributed by atoms with E-state index in [1.165, 1.54) is 0 Å². The molecule has 1 aliphatic heterocycles. The van der Waals surface area contributed by atoms with Crippen molar-refractivity contribution >= 4 is 39.4 Å². The minimum atomic E-state index is -0.552. The first-order valence-corrected chi connectivity index (χ1v) is 3.36. The van der Waals surface area contributed by atoms with E-state index in [4.69, 9.17) is 0 Å². The Morgan fingerprint density at radius 2 is 2.22 bits per heavy atom. The molecule has 0 unspecified atom stereocenters. The molecule has 48 valence electrons. The lowest BCUT2D eigenvalue weighted by molar-refractivity contribution is -0.137. The number of cyclic esters (lactones) is 1. The van der Waals surface area contributed by atoms with Crippen LogP contribution in [0.3, 0.4) is 0 Å². The van der Waals surface area contributed by atoms with Crippen molar-refractivity contribution in [3.63, 3.8) is 0 Å². The molecule has 1 fully saturated rings. The molecule has 0 amide bonds. The normalized spacial score (nSPS) is 19.8. The van der Waals surface area contributed by atoms with E-state index < -0.39 is 5.97 Å². The maximum absolute atomic E-state index is 10.5. The summed E-state index contributed by atoms with van der Waals surface area (Å²) in [6.45, 7) is 0. The molecular weight excluding hydrogens is 160 g/mol. The number of ether oxygens (including phenoxy) is 1. The minimum absolute atomic E-state index is 0.0104. The quantitative estimate of drug-likeness (QED) is 0.294. The van der Waals surface area contributed by atoms with E-state index in [0.717, 1.165) is 11.8 Å². The first-order valence-electron chi connectivity index (χ1n) is 2.14. The first kappa shape index (κ1) is 6.70. The Bertz CT molecular complexity index is 141. The van der Waals surface area contributed by atoms with Gasteiger partial charge in [-0.15, -0.1) is 0 Å². The minimum Gasteiger partial charge on any atom is -0.408 e. The molecule has 0 aromatic heterocycles. The van der Waals surface area contributed by atoms with Crippen molar-refractivity contribution in [2.24, 2.45) is 0 Å². The molecule has 1 saturated heterocycles. The smallest absolute Gasteiger partial charge is 0.320 e. The first-order chi connectivity index (χ1) is 4.18. The predicted molar refractivity (Wildman–Crippen MR) is 35.9 cm³/mol. The SMILES string of the molecule is O=C1CC(=O)SC(=S)O1. The van der Waals surface area contributed by atoms with Crippen molar-refractivity contribution in [2.75, 3.05) is 0 Å². The Morgan fingerprint density at radius 1 is 1.56 bits per heavy atom. The van der Waals surface area contributed by atoms with Crippen LogP contribution in [0.15, 0.2) is 0 Å². The molecular formula is C4H2O3S2. The number of thioether (sulfide) groups is 1. The summed E-state index contributed by atoms with van der Waals surface area (Å²) >= 11 is 5.25. The molecule has 3 nitrogen and oxygen atoms in total. The van der Waals surface area contributed by atoms with Crippen LogP contribution in [-0.2, 0) is 14.3 Å². The van der Waals surface area contributed by atoms with Crippen LogP contribution < -0.4 is 0 Å². The number of carbonyl (C=O) groups is 2. The molecule has 0 aliphatic carbocycles. The second-order valence-electron chi connectivity index (χ2n) is 1.37. The van der Waals surface area contributed by atoms with Crippen LogP contribution in [0, 0.1) is 0 Å². The van der Waals surface area contributed by atoms with Crippen LogP contribution in [0.4, 0.5) is 0 Å². The highest BCUT2D eigenvalue weighted by Crippen LogP contribution is 2.16. The summed E-state index contributed by atoms with van der Waals surface area (Å²) in [6.07, 6.45) is -0.162. The van der Waals surface area contributed by atoms with Gasteiger partial charge < -0.3 is 4.74 Å². The summed E-state index contributed by atoms with van der Waals surface area (Å²) in [7, 11) is 0. The van der Waals surface area contributed by atoms with Crippen molar-refractivity contribution in [1.29, 1.82) is 0 Å². The van der Waals surface area contributed by atoms with Crippen molar-refractivity contribution < 1.29 is 14.3 Å². The van der Waals surface area contributed by atoms with Gasteiger partial charge in [0.05, 0.1) is 0 Å². The number of hydrogen-bond donors (Lipinski definition) is 0. The molecule has 0 aromatic rings. The molecule has 1 aliphatic rings. The van der Waals surface area contributed by atoms with Crippen molar-refractivity contribution in [1.82, 2.24) is 0 Å². The fourth-order valence-corrected chi connectivity index (χ4v) is 1.28. The van der Waals surface area contributed by atoms with E-state index in [-0.39, 0.29) is 15.9 Å². The number of rotatable bonds is 0. The Balaban J connectivity index is 2.64. The van der Waals surface area contributed by atoms with Gasteiger partial charge >= 0.3 is 5.97 Å². The third-order valence-electron chi connectivity index (χ3n) is 0.683. The molecule has 0 saturated carbocycles. The van der Waals surface area contributed by atoms with Crippen molar-refractivity contribution in [3.05, 3.63) is 0 Å². The van der Waals surface area contributed by atoms with Gasteiger partial charge in [0.15, 0.2) is 0 Å². The molecule has 0 radical (unpaired) electrons. The van der Waals surface area contributed by atoms with E-state index in [9.17, 15) is 9.59 Å². The van der Waals surface area contributed by atoms with E-state index in [1.54, 1.807) is 0 Å². The molecule has 0 bridgehead atoms. The summed E-state index contributed by atoms with van der Waals surface area (Å²) in [5.41, 5.74) is 0. The van der Waals surface area contributed by atoms with E-state index in [0.29, 0.717) is 0 Å². The zero-order valence-corrected chi connectivity index (χ0v) is 5.88. The molecule has 9 heavy (non-hydrogen) atoms. The molecule has 0 aromatic carbocycles. The van der Waals surface area contributed by atoms with E-state index in [1.807, 2.05) is 0 Å². The lowest BCUT2D eigenvalue weighted by Crippen LogP contribution is -2.18. The zero-order chi connectivity index (χ0) is 6.85. The maximum atomic E-state index is 10.5. The van der Waals surface area contributed by atoms with Gasteiger partial charge in [0.2, 0.25) is 9.50 Å². The Kier molecular flexibility index (Phi) is 1.82. The standard InChI is InChI=1S/C4H2O3S2/c5-2-1-3(6)9-4(8)7-2/h1H2. The third kappa shape index (κ3) is 1.76. The molecule has 5 heteroatoms. The van der Waals surface area contributed by atoms with Crippen LogP contribution in [-0.4, -0.2) is 15.5 Å². The second-order valence-corrected chi connectivity index (χ2v) is 3.03. The van der Waals surface area contributed by atoms with Gasteiger partial charge in [0, 0.05) is 0 Å². The van der Waals surface area contributed by atoms with Crippen LogP contribution in [0.2, 0.25) is 0 Å². The third-order valence-corrected chi connectivity index (χ3v) is 1.64. The molecule has 0 spiro atoms. The van der Waals surface area contributed by atoms with E-state index >= 15 is 0 Å². The number of hydrogen-bond acceptors (Lipinski definition) is 5. The summed E-state index contributed by atoms with van der Waals surface area (Å²) in [4.78, 5) is 20.8. The highest BCUT2D eigenvalue weighted by Gasteiger charge is 2.22.